The maximum absolute atomic E-state index is 12.1. The molecule has 0 bridgehead atoms. The van der Waals surface area contributed by atoms with Crippen molar-refractivity contribution in [1.29, 1.82) is 0 Å². The fraction of sp³-hybridized carbons (Fsp3) is 0.389. The third kappa shape index (κ3) is 5.77. The van der Waals surface area contributed by atoms with Crippen molar-refractivity contribution in [3.63, 3.8) is 0 Å². The summed E-state index contributed by atoms with van der Waals surface area (Å²) in [7, 11) is 0. The Bertz CT molecular complexity index is 976. The molecule has 0 fully saturated rings. The molecule has 1 aromatic carbocycles. The third-order valence-corrected chi connectivity index (χ3v) is 5.24. The zero-order chi connectivity index (χ0) is 20.7. The highest BCUT2D eigenvalue weighted by molar-refractivity contribution is 8.14. The summed E-state index contributed by atoms with van der Waals surface area (Å²) in [6.45, 7) is 5.15. The Morgan fingerprint density at radius 1 is 1.14 bits per heavy atom. The monoisotopic (exact) mass is 424 g/mol. The maximum atomic E-state index is 12.1. The van der Waals surface area contributed by atoms with Gasteiger partial charge in [-0.2, -0.15) is 4.99 Å². The van der Waals surface area contributed by atoms with Crippen LogP contribution >= 0.6 is 23.1 Å². The Labute approximate surface area is 169 Å². The van der Waals surface area contributed by atoms with E-state index in [1.165, 1.54) is 6.92 Å². The lowest BCUT2D eigenvalue weighted by atomic mass is 10.2. The molecule has 10 heteroatoms. The molecule has 1 heterocycles. The molecule has 1 amide bonds. The summed E-state index contributed by atoms with van der Waals surface area (Å²) in [4.78, 5) is 51.4. The van der Waals surface area contributed by atoms with Gasteiger partial charge in [-0.05, 0) is 32.0 Å². The number of nitrogens with zero attached hydrogens (tertiary/aromatic N) is 2. The second-order valence-electron chi connectivity index (χ2n) is 5.46. The number of fused-ring (bicyclic) bond motifs is 1. The Morgan fingerprint density at radius 3 is 2.50 bits per heavy atom. The Balaban J connectivity index is 2.49. The number of carbonyl (C=O) groups excluding carboxylic acids is 4. The number of benzene rings is 1. The predicted molar refractivity (Wildman–Crippen MR) is 106 cm³/mol. The van der Waals surface area contributed by atoms with Gasteiger partial charge in [0.2, 0.25) is 0 Å². The lowest BCUT2D eigenvalue weighted by Gasteiger charge is -2.06. The molecule has 0 atom stereocenters. The Hall–Kier alpha value is -2.46. The summed E-state index contributed by atoms with van der Waals surface area (Å²) in [6, 6.07) is 4.89. The topological polar surface area (TPSA) is 104 Å². The van der Waals surface area contributed by atoms with Crippen LogP contribution in [-0.2, 0) is 30.4 Å². The molecule has 0 radical (unpaired) electrons. The zero-order valence-electron chi connectivity index (χ0n) is 15.7. The highest BCUT2D eigenvalue weighted by Gasteiger charge is 2.15. The van der Waals surface area contributed by atoms with Gasteiger partial charge in [0.05, 0.1) is 34.7 Å². The second kappa shape index (κ2) is 10.2. The van der Waals surface area contributed by atoms with Gasteiger partial charge in [0.15, 0.2) is 9.92 Å². The van der Waals surface area contributed by atoms with Gasteiger partial charge in [0.1, 0.15) is 6.54 Å². The fourth-order valence-electron chi connectivity index (χ4n) is 2.29. The highest BCUT2D eigenvalue weighted by Crippen LogP contribution is 2.20. The number of ether oxygens (including phenoxy) is 2. The summed E-state index contributed by atoms with van der Waals surface area (Å²) in [5, 5.41) is -0.182. The molecule has 2 rings (SSSR count). The standard InChI is InChI=1S/C18H20N2O6S2/c1-4-25-16(23)9-20-13-7-6-12(17(24)26-5-2)8-14(13)28-18(20)19-15(22)10-27-11(3)21/h6-8H,4-5,9-10H2,1-3H3. The molecule has 150 valence electrons. The number of hydrogen-bond acceptors (Lipinski definition) is 8. The summed E-state index contributed by atoms with van der Waals surface area (Å²) in [6.07, 6.45) is 0. The number of thioether (sulfide) groups is 1. The molecule has 0 aliphatic rings. The average molecular weight is 425 g/mol. The van der Waals surface area contributed by atoms with Crippen molar-refractivity contribution >= 4 is 56.3 Å². The van der Waals surface area contributed by atoms with Crippen molar-refractivity contribution in [3.8, 4) is 0 Å². The van der Waals surface area contributed by atoms with Crippen LogP contribution < -0.4 is 4.80 Å². The highest BCUT2D eigenvalue weighted by atomic mass is 32.2. The van der Waals surface area contributed by atoms with Crippen LogP contribution in [0.1, 0.15) is 31.1 Å². The van der Waals surface area contributed by atoms with Crippen LogP contribution in [0, 0.1) is 0 Å². The number of hydrogen-bond donors (Lipinski definition) is 0. The SMILES string of the molecule is CCOC(=O)Cn1c(=NC(=O)CSC(C)=O)sc2cc(C(=O)OCC)ccc21. The van der Waals surface area contributed by atoms with Crippen LogP contribution in [0.25, 0.3) is 10.2 Å². The van der Waals surface area contributed by atoms with Crippen molar-refractivity contribution in [2.45, 2.75) is 27.3 Å². The smallest absolute Gasteiger partial charge is 0.338 e. The van der Waals surface area contributed by atoms with Crippen molar-refractivity contribution < 1.29 is 28.7 Å². The van der Waals surface area contributed by atoms with E-state index >= 15 is 0 Å². The lowest BCUT2D eigenvalue weighted by Crippen LogP contribution is -2.23. The van der Waals surface area contributed by atoms with E-state index in [1.54, 1.807) is 36.6 Å². The minimum atomic E-state index is -0.491. The molecule has 1 aromatic heterocycles. The second-order valence-corrected chi connectivity index (χ2v) is 7.63. The number of thiazole rings is 1. The van der Waals surface area contributed by atoms with Gasteiger partial charge in [0, 0.05) is 6.92 Å². The van der Waals surface area contributed by atoms with Crippen LogP contribution in [-0.4, -0.2) is 46.5 Å². The van der Waals surface area contributed by atoms with E-state index in [0.717, 1.165) is 23.1 Å². The van der Waals surface area contributed by atoms with Gasteiger partial charge in [-0.3, -0.25) is 14.4 Å². The number of amides is 1. The van der Waals surface area contributed by atoms with Crippen molar-refractivity contribution in [3.05, 3.63) is 28.6 Å². The predicted octanol–water partition coefficient (Wildman–Crippen LogP) is 2.15. The van der Waals surface area contributed by atoms with E-state index in [0.29, 0.717) is 20.6 Å². The van der Waals surface area contributed by atoms with Crippen molar-refractivity contribution in [1.82, 2.24) is 4.57 Å². The average Bonchev–Trinajstić information content (AvgIpc) is 2.96. The van der Waals surface area contributed by atoms with Gasteiger partial charge in [-0.15, -0.1) is 0 Å². The first-order valence-electron chi connectivity index (χ1n) is 8.52. The van der Waals surface area contributed by atoms with Crippen molar-refractivity contribution in [2.75, 3.05) is 19.0 Å². The molecule has 8 nitrogen and oxygen atoms in total. The maximum Gasteiger partial charge on any atom is 0.338 e. The largest absolute Gasteiger partial charge is 0.465 e. The van der Waals surface area contributed by atoms with Gasteiger partial charge < -0.3 is 14.0 Å². The molecule has 2 aromatic rings. The fourth-order valence-corrected chi connectivity index (χ4v) is 3.77. The molecular formula is C18H20N2O6S2. The van der Waals surface area contributed by atoms with Crippen LogP contribution in [0.2, 0.25) is 0 Å². The summed E-state index contributed by atoms with van der Waals surface area (Å²) in [5.74, 6) is -1.50. The van der Waals surface area contributed by atoms with E-state index in [9.17, 15) is 19.2 Å². The number of rotatable bonds is 7. The van der Waals surface area contributed by atoms with Gasteiger partial charge in [-0.1, -0.05) is 23.1 Å². The number of carbonyl (C=O) groups is 4. The molecule has 0 aliphatic heterocycles. The van der Waals surface area contributed by atoms with E-state index in [-0.39, 0.29) is 30.6 Å². The van der Waals surface area contributed by atoms with Crippen LogP contribution in [0.4, 0.5) is 0 Å². The summed E-state index contributed by atoms with van der Waals surface area (Å²) >= 11 is 2.03. The van der Waals surface area contributed by atoms with Crippen LogP contribution in [0.3, 0.4) is 0 Å². The summed E-state index contributed by atoms with van der Waals surface area (Å²) < 4.78 is 12.2. The molecule has 0 unspecified atom stereocenters. The molecule has 0 saturated carbocycles. The molecule has 0 aliphatic carbocycles. The third-order valence-electron chi connectivity index (χ3n) is 3.41. The number of esters is 2. The van der Waals surface area contributed by atoms with E-state index in [2.05, 4.69) is 4.99 Å². The molecular weight excluding hydrogens is 404 g/mol. The first-order valence-corrected chi connectivity index (χ1v) is 10.3. The molecule has 0 N–H and O–H groups in total. The van der Waals surface area contributed by atoms with Gasteiger partial charge >= 0.3 is 11.9 Å². The van der Waals surface area contributed by atoms with E-state index in [4.69, 9.17) is 9.47 Å². The van der Waals surface area contributed by atoms with E-state index in [1.807, 2.05) is 0 Å². The van der Waals surface area contributed by atoms with E-state index < -0.39 is 17.8 Å². The zero-order valence-corrected chi connectivity index (χ0v) is 17.4. The first kappa shape index (κ1) is 21.8. The Morgan fingerprint density at radius 2 is 1.86 bits per heavy atom. The van der Waals surface area contributed by atoms with Crippen molar-refractivity contribution in [2.24, 2.45) is 4.99 Å². The van der Waals surface area contributed by atoms with Gasteiger partial charge in [-0.25, -0.2) is 4.79 Å². The molecule has 0 spiro atoms. The quantitative estimate of drug-likeness (QED) is 0.627. The number of aromatic nitrogens is 1. The minimum absolute atomic E-state index is 0.0862. The summed E-state index contributed by atoms with van der Waals surface area (Å²) in [5.41, 5.74) is 1.00. The molecule has 28 heavy (non-hydrogen) atoms. The van der Waals surface area contributed by atoms with Crippen LogP contribution in [0.15, 0.2) is 23.2 Å². The minimum Gasteiger partial charge on any atom is -0.465 e. The first-order chi connectivity index (χ1) is 13.3. The molecule has 0 saturated heterocycles. The lowest BCUT2D eigenvalue weighted by molar-refractivity contribution is -0.143. The normalized spacial score (nSPS) is 11.5. The van der Waals surface area contributed by atoms with Gasteiger partial charge in [0.25, 0.3) is 5.91 Å². The van der Waals surface area contributed by atoms with Crippen LogP contribution in [0.5, 0.6) is 0 Å². The Kier molecular flexibility index (Phi) is 7.94.